The highest BCUT2D eigenvalue weighted by molar-refractivity contribution is 9.10. The molecule has 1 N–H and O–H groups in total. The summed E-state index contributed by atoms with van der Waals surface area (Å²) in [4.78, 5) is 10.7. The molecule has 0 amide bonds. The number of nitro groups is 1. The van der Waals surface area contributed by atoms with E-state index in [1.54, 1.807) is 12.1 Å². The summed E-state index contributed by atoms with van der Waals surface area (Å²) >= 11 is 3.25. The summed E-state index contributed by atoms with van der Waals surface area (Å²) in [6.07, 6.45) is 0. The molecule has 2 rings (SSSR count). The van der Waals surface area contributed by atoms with Crippen LogP contribution in [-0.2, 0) is 6.54 Å². The predicted octanol–water partition coefficient (Wildman–Crippen LogP) is 4.59. The normalized spacial score (nSPS) is 10.3. The molecule has 0 spiro atoms. The van der Waals surface area contributed by atoms with E-state index in [2.05, 4.69) is 41.2 Å². The lowest BCUT2D eigenvalue weighted by Gasteiger charge is -2.11. The first-order valence-corrected chi connectivity index (χ1v) is 7.01. The van der Waals surface area contributed by atoms with Gasteiger partial charge in [-0.2, -0.15) is 0 Å². The van der Waals surface area contributed by atoms with Crippen LogP contribution < -0.4 is 5.32 Å². The third-order valence-electron chi connectivity index (χ3n) is 3.34. The van der Waals surface area contributed by atoms with E-state index in [4.69, 9.17) is 0 Å². The van der Waals surface area contributed by atoms with Crippen LogP contribution in [0.25, 0.3) is 0 Å². The van der Waals surface area contributed by atoms with E-state index in [0.29, 0.717) is 16.7 Å². The fourth-order valence-electron chi connectivity index (χ4n) is 2.00. The van der Waals surface area contributed by atoms with Crippen LogP contribution in [0.4, 0.5) is 11.4 Å². The van der Waals surface area contributed by atoms with E-state index >= 15 is 0 Å². The largest absolute Gasteiger partial charge is 0.375 e. The van der Waals surface area contributed by atoms with Gasteiger partial charge in [-0.15, -0.1) is 0 Å². The summed E-state index contributed by atoms with van der Waals surface area (Å²) in [5, 5.41) is 14.2. The molecule has 5 heteroatoms. The number of aryl methyl sites for hydroxylation is 1. The molecule has 0 aromatic heterocycles. The minimum absolute atomic E-state index is 0.0738. The molecule has 2 aromatic rings. The first kappa shape index (κ1) is 14.5. The number of hydrogen-bond acceptors (Lipinski definition) is 3. The summed E-state index contributed by atoms with van der Waals surface area (Å²) in [7, 11) is 0. The van der Waals surface area contributed by atoms with Gasteiger partial charge in [-0.1, -0.05) is 34.1 Å². The Morgan fingerprint density at radius 3 is 2.70 bits per heavy atom. The number of nitrogens with one attached hydrogen (secondary N) is 1. The van der Waals surface area contributed by atoms with E-state index < -0.39 is 0 Å². The molecular weight excluding hydrogens is 320 g/mol. The average molecular weight is 335 g/mol. The first-order valence-electron chi connectivity index (χ1n) is 6.22. The van der Waals surface area contributed by atoms with E-state index in [9.17, 15) is 10.1 Å². The van der Waals surface area contributed by atoms with Gasteiger partial charge in [-0.25, -0.2) is 0 Å². The van der Waals surface area contributed by atoms with Crippen molar-refractivity contribution < 1.29 is 4.92 Å². The second kappa shape index (κ2) is 6.05. The van der Waals surface area contributed by atoms with E-state index in [-0.39, 0.29) is 10.6 Å². The molecule has 4 nitrogen and oxygen atoms in total. The maximum atomic E-state index is 11.1. The minimum atomic E-state index is -0.379. The van der Waals surface area contributed by atoms with Crippen molar-refractivity contribution in [3.05, 3.63) is 67.7 Å². The highest BCUT2D eigenvalue weighted by atomic mass is 79.9. The van der Waals surface area contributed by atoms with Crippen molar-refractivity contribution in [1.82, 2.24) is 0 Å². The number of anilines is 1. The number of nitrogens with zero attached hydrogens (tertiary/aromatic N) is 1. The third kappa shape index (κ3) is 3.17. The summed E-state index contributed by atoms with van der Waals surface area (Å²) in [6, 6.07) is 11.1. The van der Waals surface area contributed by atoms with Gasteiger partial charge in [0.15, 0.2) is 0 Å². The van der Waals surface area contributed by atoms with Gasteiger partial charge >= 0.3 is 0 Å². The van der Waals surface area contributed by atoms with Crippen molar-refractivity contribution in [2.24, 2.45) is 0 Å². The Hall–Kier alpha value is -1.88. The van der Waals surface area contributed by atoms with Crippen LogP contribution in [0.1, 0.15) is 16.7 Å². The summed E-state index contributed by atoms with van der Waals surface area (Å²) in [6.45, 7) is 4.68. The number of halogens is 1. The summed E-state index contributed by atoms with van der Waals surface area (Å²) in [5.74, 6) is 0. The van der Waals surface area contributed by atoms with Crippen LogP contribution in [0.3, 0.4) is 0 Å². The Kier molecular flexibility index (Phi) is 4.39. The Bertz CT molecular complexity index is 656. The lowest BCUT2D eigenvalue weighted by molar-refractivity contribution is -0.384. The Morgan fingerprint density at radius 1 is 1.25 bits per heavy atom. The van der Waals surface area contributed by atoms with Gasteiger partial charge in [0, 0.05) is 17.1 Å². The number of nitro benzene ring substituents is 1. The molecule has 0 aliphatic carbocycles. The molecule has 20 heavy (non-hydrogen) atoms. The quantitative estimate of drug-likeness (QED) is 0.657. The lowest BCUT2D eigenvalue weighted by atomic mass is 10.0. The molecule has 0 saturated heterocycles. The van der Waals surface area contributed by atoms with Crippen molar-refractivity contribution in [2.75, 3.05) is 5.32 Å². The molecule has 0 heterocycles. The summed E-state index contributed by atoms with van der Waals surface area (Å²) < 4.78 is 0.696. The average Bonchev–Trinajstić information content (AvgIpc) is 2.41. The molecule has 0 radical (unpaired) electrons. The van der Waals surface area contributed by atoms with Gasteiger partial charge in [0.05, 0.1) is 4.92 Å². The topological polar surface area (TPSA) is 55.2 Å². The fraction of sp³-hybridized carbons (Fsp3) is 0.200. The minimum Gasteiger partial charge on any atom is -0.375 e. The first-order chi connectivity index (χ1) is 9.49. The second-order valence-corrected chi connectivity index (χ2v) is 5.55. The lowest BCUT2D eigenvalue weighted by Crippen LogP contribution is -2.04. The predicted molar refractivity (Wildman–Crippen MR) is 84.0 cm³/mol. The zero-order chi connectivity index (χ0) is 14.7. The molecule has 0 aliphatic rings. The van der Waals surface area contributed by atoms with Crippen molar-refractivity contribution in [3.63, 3.8) is 0 Å². The van der Waals surface area contributed by atoms with E-state index in [1.165, 1.54) is 17.2 Å². The Morgan fingerprint density at radius 2 is 2.00 bits per heavy atom. The molecule has 0 saturated carbocycles. The number of hydrogen-bond donors (Lipinski definition) is 1. The second-order valence-electron chi connectivity index (χ2n) is 4.63. The molecular formula is C15H15BrN2O2. The zero-order valence-electron chi connectivity index (χ0n) is 11.3. The monoisotopic (exact) mass is 334 g/mol. The van der Waals surface area contributed by atoms with Crippen LogP contribution in [0.2, 0.25) is 0 Å². The maximum Gasteiger partial charge on any atom is 0.293 e. The highest BCUT2D eigenvalue weighted by Gasteiger charge is 2.14. The molecule has 0 aliphatic heterocycles. The van der Waals surface area contributed by atoms with Crippen LogP contribution in [0, 0.1) is 24.0 Å². The standard InChI is InChI=1S/C15H15BrN2O2/c1-10-4-3-5-12(11(10)2)9-17-14-7-6-13(16)8-15(14)18(19)20/h3-8,17H,9H2,1-2H3. The van der Waals surface area contributed by atoms with Gasteiger partial charge in [0.25, 0.3) is 5.69 Å². The molecule has 104 valence electrons. The van der Waals surface area contributed by atoms with Crippen LogP contribution in [0.15, 0.2) is 40.9 Å². The highest BCUT2D eigenvalue weighted by Crippen LogP contribution is 2.28. The Balaban J connectivity index is 2.23. The molecule has 0 fully saturated rings. The van der Waals surface area contributed by atoms with Gasteiger partial charge < -0.3 is 5.32 Å². The van der Waals surface area contributed by atoms with E-state index in [0.717, 1.165) is 5.56 Å². The smallest absolute Gasteiger partial charge is 0.293 e. The van der Waals surface area contributed by atoms with Crippen LogP contribution in [-0.4, -0.2) is 4.92 Å². The van der Waals surface area contributed by atoms with Gasteiger partial charge in [0.2, 0.25) is 0 Å². The van der Waals surface area contributed by atoms with Crippen molar-refractivity contribution in [2.45, 2.75) is 20.4 Å². The molecule has 0 atom stereocenters. The molecule has 0 unspecified atom stereocenters. The SMILES string of the molecule is Cc1cccc(CNc2ccc(Br)cc2[N+](=O)[O-])c1C. The molecule has 0 bridgehead atoms. The van der Waals surface area contributed by atoms with Crippen LogP contribution >= 0.6 is 15.9 Å². The van der Waals surface area contributed by atoms with Gasteiger partial charge in [-0.05, 0) is 42.7 Å². The van der Waals surface area contributed by atoms with E-state index in [1.807, 2.05) is 12.1 Å². The maximum absolute atomic E-state index is 11.1. The van der Waals surface area contributed by atoms with Crippen LogP contribution in [0.5, 0.6) is 0 Å². The molecule has 2 aromatic carbocycles. The van der Waals surface area contributed by atoms with Crippen molar-refractivity contribution in [1.29, 1.82) is 0 Å². The third-order valence-corrected chi connectivity index (χ3v) is 3.84. The van der Waals surface area contributed by atoms with Crippen molar-refractivity contribution in [3.8, 4) is 0 Å². The van der Waals surface area contributed by atoms with Gasteiger partial charge in [0.1, 0.15) is 5.69 Å². The summed E-state index contributed by atoms with van der Waals surface area (Å²) in [5.41, 5.74) is 4.17. The fourth-order valence-corrected chi connectivity index (χ4v) is 2.35. The number of benzene rings is 2. The number of rotatable bonds is 4. The van der Waals surface area contributed by atoms with Crippen molar-refractivity contribution >= 4 is 27.3 Å². The van der Waals surface area contributed by atoms with Gasteiger partial charge in [-0.3, -0.25) is 10.1 Å². The zero-order valence-corrected chi connectivity index (χ0v) is 12.9. The Labute approximate surface area is 126 Å².